The van der Waals surface area contributed by atoms with Crippen LogP contribution in [0.1, 0.15) is 6.42 Å². The van der Waals surface area contributed by atoms with Gasteiger partial charge in [-0.25, -0.2) is 0 Å². The highest BCUT2D eigenvalue weighted by molar-refractivity contribution is 5.50. The number of hydrogen-bond donors (Lipinski definition) is 4. The highest BCUT2D eigenvalue weighted by Gasteiger charge is 2.23. The number of aliphatic hydroxyl groups excluding tert-OH is 4. The fourth-order valence-electron chi connectivity index (χ4n) is 0.602. The summed E-state index contributed by atoms with van der Waals surface area (Å²) < 4.78 is 0. The van der Waals surface area contributed by atoms with E-state index in [1.54, 1.807) is 0 Å². The molecule has 0 saturated carbocycles. The SMILES string of the molecule is O=C[14CH2][C@@H](O)[C@H](O)[C@H](O)CO. The molecule has 0 aliphatic carbocycles. The van der Waals surface area contributed by atoms with Gasteiger partial charge in [0.15, 0.2) is 0 Å². The van der Waals surface area contributed by atoms with Crippen LogP contribution < -0.4 is 0 Å². The Hall–Kier alpha value is -0.490. The van der Waals surface area contributed by atoms with Gasteiger partial charge in [0.25, 0.3) is 0 Å². The Balaban J connectivity index is 3.79. The Labute approximate surface area is 63.9 Å². The molecule has 0 spiro atoms. The first-order valence-corrected chi connectivity index (χ1v) is 3.22. The van der Waals surface area contributed by atoms with E-state index in [2.05, 4.69) is 0 Å². The van der Waals surface area contributed by atoms with Gasteiger partial charge in [0, 0.05) is 6.42 Å². The summed E-state index contributed by atoms with van der Waals surface area (Å²) in [6.07, 6.45) is -4.00. The van der Waals surface area contributed by atoms with Gasteiger partial charge in [-0.05, 0) is 0 Å². The Kier molecular flexibility index (Phi) is 4.97. The van der Waals surface area contributed by atoms with Gasteiger partial charge >= 0.3 is 0 Å². The van der Waals surface area contributed by atoms with Crippen molar-refractivity contribution in [1.29, 1.82) is 0 Å². The monoisotopic (exact) mass is 166 g/mol. The van der Waals surface area contributed by atoms with Crippen LogP contribution in [0.15, 0.2) is 0 Å². The number of aldehydes is 1. The van der Waals surface area contributed by atoms with Gasteiger partial charge in [-0.1, -0.05) is 0 Å². The molecule has 0 aromatic carbocycles. The molecule has 0 aromatic heterocycles. The number of carbonyl (C=O) groups is 1. The molecule has 11 heavy (non-hydrogen) atoms. The third-order valence-corrected chi connectivity index (χ3v) is 1.31. The van der Waals surface area contributed by atoms with Crippen molar-refractivity contribution < 1.29 is 25.2 Å². The third-order valence-electron chi connectivity index (χ3n) is 1.31. The van der Waals surface area contributed by atoms with E-state index in [-0.39, 0.29) is 6.42 Å². The van der Waals surface area contributed by atoms with E-state index in [9.17, 15) is 4.79 Å². The van der Waals surface area contributed by atoms with E-state index in [0.717, 1.165) is 0 Å². The number of aliphatic hydroxyl groups is 4. The first kappa shape index (κ1) is 10.5. The fourth-order valence-corrected chi connectivity index (χ4v) is 0.602. The summed E-state index contributed by atoms with van der Waals surface area (Å²) in [6, 6.07) is 0. The summed E-state index contributed by atoms with van der Waals surface area (Å²) in [5, 5.41) is 34.8. The van der Waals surface area contributed by atoms with Crippen LogP contribution >= 0.6 is 0 Å². The first-order valence-electron chi connectivity index (χ1n) is 3.22. The predicted octanol–water partition coefficient (Wildman–Crippen LogP) is -2.35. The standard InChI is InChI=1S/C6H12O5/c7-2-1-4(9)6(11)5(10)3-8/h2,4-6,8-11H,1,3H2/t4-,5-,6+/m1/s1/i1+2. The summed E-state index contributed by atoms with van der Waals surface area (Å²) in [5.74, 6) is 0. The average molecular weight is 166 g/mol. The molecule has 0 aliphatic rings. The molecule has 5 heteroatoms. The number of rotatable bonds is 5. The molecule has 66 valence electrons. The van der Waals surface area contributed by atoms with Gasteiger partial charge in [0.1, 0.15) is 18.5 Å². The molecule has 0 bridgehead atoms. The highest BCUT2D eigenvalue weighted by Crippen LogP contribution is 2.01. The van der Waals surface area contributed by atoms with Crippen molar-refractivity contribution in [3.63, 3.8) is 0 Å². The van der Waals surface area contributed by atoms with Crippen LogP contribution in [-0.2, 0) is 4.79 Å². The van der Waals surface area contributed by atoms with Crippen LogP contribution in [0.4, 0.5) is 0 Å². The largest absolute Gasteiger partial charge is 0.394 e. The smallest absolute Gasteiger partial charge is 0.122 e. The highest BCUT2D eigenvalue weighted by atomic mass is 16.4. The van der Waals surface area contributed by atoms with E-state index >= 15 is 0 Å². The lowest BCUT2D eigenvalue weighted by Crippen LogP contribution is -2.39. The zero-order chi connectivity index (χ0) is 8.85. The summed E-state index contributed by atoms with van der Waals surface area (Å²) in [7, 11) is 0. The van der Waals surface area contributed by atoms with Crippen molar-refractivity contribution in [3.05, 3.63) is 0 Å². The summed E-state index contributed by atoms with van der Waals surface area (Å²) in [6.45, 7) is -0.642. The minimum Gasteiger partial charge on any atom is -0.394 e. The lowest BCUT2D eigenvalue weighted by atomic mass is 10.2. The normalized spacial score (nSPS) is 18.9. The van der Waals surface area contributed by atoms with Gasteiger partial charge < -0.3 is 25.2 Å². The zero-order valence-electron chi connectivity index (χ0n) is 5.92. The van der Waals surface area contributed by atoms with Crippen molar-refractivity contribution in [2.75, 3.05) is 6.61 Å². The van der Waals surface area contributed by atoms with Crippen molar-refractivity contribution in [2.45, 2.75) is 24.7 Å². The van der Waals surface area contributed by atoms with Crippen LogP contribution in [0, 0.1) is 0 Å². The summed E-state index contributed by atoms with van der Waals surface area (Å²) in [5.41, 5.74) is 0. The van der Waals surface area contributed by atoms with Crippen molar-refractivity contribution in [2.24, 2.45) is 0 Å². The molecule has 0 saturated heterocycles. The topological polar surface area (TPSA) is 98.0 Å². The lowest BCUT2D eigenvalue weighted by molar-refractivity contribution is -0.115. The molecule has 0 rings (SSSR count). The van der Waals surface area contributed by atoms with Gasteiger partial charge in [-0.3, -0.25) is 0 Å². The first-order chi connectivity index (χ1) is 5.13. The average Bonchev–Trinajstić information content (AvgIpc) is 2.02. The Bertz CT molecular complexity index is 116. The molecule has 0 fully saturated rings. The minimum absolute atomic E-state index is 0.252. The molecule has 0 radical (unpaired) electrons. The number of carbonyl (C=O) groups excluding carboxylic acids is 1. The quantitative estimate of drug-likeness (QED) is 0.343. The van der Waals surface area contributed by atoms with Crippen LogP contribution in [0.5, 0.6) is 0 Å². The van der Waals surface area contributed by atoms with E-state index in [4.69, 9.17) is 20.4 Å². The molecule has 4 N–H and O–H groups in total. The van der Waals surface area contributed by atoms with Crippen LogP contribution in [0.2, 0.25) is 0 Å². The third kappa shape index (κ3) is 3.43. The van der Waals surface area contributed by atoms with Gasteiger partial charge in [-0.2, -0.15) is 0 Å². The van der Waals surface area contributed by atoms with E-state index in [1.165, 1.54) is 0 Å². The Morgan fingerprint density at radius 1 is 1.36 bits per heavy atom. The summed E-state index contributed by atoms with van der Waals surface area (Å²) in [4.78, 5) is 9.82. The van der Waals surface area contributed by atoms with Crippen LogP contribution in [-0.4, -0.2) is 51.6 Å². The second kappa shape index (κ2) is 5.20. The lowest BCUT2D eigenvalue weighted by Gasteiger charge is -2.19. The maximum Gasteiger partial charge on any atom is 0.122 e. The second-order valence-electron chi connectivity index (χ2n) is 2.21. The minimum atomic E-state index is -1.47. The molecule has 0 amide bonds. The van der Waals surface area contributed by atoms with Crippen molar-refractivity contribution in [1.82, 2.24) is 0 Å². The molecule has 0 aromatic rings. The molecule has 0 heterocycles. The molecule has 0 unspecified atom stereocenters. The van der Waals surface area contributed by atoms with Crippen molar-refractivity contribution >= 4 is 6.29 Å². The Morgan fingerprint density at radius 3 is 2.27 bits per heavy atom. The van der Waals surface area contributed by atoms with E-state index < -0.39 is 24.9 Å². The maximum atomic E-state index is 9.82. The number of hydrogen-bond acceptors (Lipinski definition) is 5. The van der Waals surface area contributed by atoms with Crippen LogP contribution in [0.25, 0.3) is 0 Å². The Morgan fingerprint density at radius 2 is 1.91 bits per heavy atom. The predicted molar refractivity (Wildman–Crippen MR) is 35.8 cm³/mol. The van der Waals surface area contributed by atoms with Gasteiger partial charge in [-0.15, -0.1) is 0 Å². The molecule has 0 aliphatic heterocycles. The second-order valence-corrected chi connectivity index (χ2v) is 2.21. The fraction of sp³-hybridized carbons (Fsp3) is 0.833. The molecule has 3 atom stereocenters. The zero-order valence-corrected chi connectivity index (χ0v) is 5.92. The molecular weight excluding hydrogens is 154 g/mol. The molecular formula is C6H12O5. The van der Waals surface area contributed by atoms with Crippen molar-refractivity contribution in [3.8, 4) is 0 Å². The van der Waals surface area contributed by atoms with Gasteiger partial charge in [0.05, 0.1) is 12.7 Å². The molecule has 5 nitrogen and oxygen atoms in total. The van der Waals surface area contributed by atoms with E-state index in [1.807, 2.05) is 0 Å². The summed E-state index contributed by atoms with van der Waals surface area (Å²) >= 11 is 0. The van der Waals surface area contributed by atoms with E-state index in [0.29, 0.717) is 6.29 Å². The van der Waals surface area contributed by atoms with Gasteiger partial charge in [0.2, 0.25) is 0 Å². The maximum absolute atomic E-state index is 9.82. The van der Waals surface area contributed by atoms with Crippen LogP contribution in [0.3, 0.4) is 0 Å².